The summed E-state index contributed by atoms with van der Waals surface area (Å²) in [6, 6.07) is 18.5. The Morgan fingerprint density at radius 2 is 1.61 bits per heavy atom. The molecule has 4 heteroatoms. The Morgan fingerprint density at radius 1 is 1.00 bits per heavy atom. The quantitative estimate of drug-likeness (QED) is 0.819. The number of likely N-dealkylation sites (tertiary alicyclic amines) is 1. The maximum atomic E-state index is 12.8. The monoisotopic (exact) mass is 309 g/mol. The molecule has 0 unspecified atom stereocenters. The van der Waals surface area contributed by atoms with Crippen LogP contribution in [0.25, 0.3) is 0 Å². The first-order valence-electron chi connectivity index (χ1n) is 7.69. The van der Waals surface area contributed by atoms with E-state index < -0.39 is 6.04 Å². The van der Waals surface area contributed by atoms with Crippen LogP contribution < -0.4 is 0 Å². The highest BCUT2D eigenvalue weighted by atomic mass is 16.5. The fraction of sp³-hybridized carbons (Fsp3) is 0.263. The molecule has 1 saturated heterocycles. The summed E-state index contributed by atoms with van der Waals surface area (Å²) in [6.07, 6.45) is 0.593. The normalized spacial score (nSPS) is 20.3. The Hall–Kier alpha value is -2.62. The molecule has 0 N–H and O–H groups in total. The van der Waals surface area contributed by atoms with Gasteiger partial charge in [-0.15, -0.1) is 0 Å². The molecule has 0 aromatic heterocycles. The maximum absolute atomic E-state index is 12.8. The van der Waals surface area contributed by atoms with E-state index in [4.69, 9.17) is 4.74 Å². The number of nitrogens with zero attached hydrogens (tertiary/aromatic N) is 1. The summed E-state index contributed by atoms with van der Waals surface area (Å²) in [5, 5.41) is 0. The topological polar surface area (TPSA) is 46.6 Å². The molecule has 0 spiro atoms. The Kier molecular flexibility index (Phi) is 4.42. The van der Waals surface area contributed by atoms with Crippen molar-refractivity contribution in [1.82, 2.24) is 4.90 Å². The third-order valence-corrected chi connectivity index (χ3v) is 4.33. The van der Waals surface area contributed by atoms with E-state index in [1.165, 1.54) is 7.11 Å². The average Bonchev–Trinajstić information content (AvgIpc) is 3.07. The zero-order valence-corrected chi connectivity index (χ0v) is 13.0. The van der Waals surface area contributed by atoms with Gasteiger partial charge in [0.1, 0.15) is 6.04 Å². The summed E-state index contributed by atoms with van der Waals surface area (Å²) >= 11 is 0. The zero-order chi connectivity index (χ0) is 16.2. The van der Waals surface area contributed by atoms with Crippen molar-refractivity contribution < 1.29 is 14.3 Å². The molecule has 23 heavy (non-hydrogen) atoms. The van der Waals surface area contributed by atoms with Crippen LogP contribution in [0.15, 0.2) is 60.7 Å². The Labute approximate surface area is 135 Å². The van der Waals surface area contributed by atoms with Gasteiger partial charge in [0.05, 0.1) is 7.11 Å². The Morgan fingerprint density at radius 3 is 2.22 bits per heavy atom. The van der Waals surface area contributed by atoms with E-state index in [-0.39, 0.29) is 17.8 Å². The lowest BCUT2D eigenvalue weighted by Gasteiger charge is -2.22. The van der Waals surface area contributed by atoms with Gasteiger partial charge in [-0.1, -0.05) is 48.5 Å². The lowest BCUT2D eigenvalue weighted by molar-refractivity contribution is -0.145. The predicted octanol–water partition coefficient (Wildman–Crippen LogP) is 2.86. The Balaban J connectivity index is 1.87. The van der Waals surface area contributed by atoms with Crippen molar-refractivity contribution in [3.8, 4) is 0 Å². The van der Waals surface area contributed by atoms with Crippen LogP contribution in [0, 0.1) is 0 Å². The molecule has 1 aliphatic heterocycles. The molecule has 3 rings (SSSR count). The van der Waals surface area contributed by atoms with Crippen molar-refractivity contribution in [2.24, 2.45) is 0 Å². The van der Waals surface area contributed by atoms with E-state index in [1.807, 2.05) is 48.5 Å². The number of esters is 1. The first-order valence-corrected chi connectivity index (χ1v) is 7.69. The number of rotatable bonds is 3. The van der Waals surface area contributed by atoms with Gasteiger partial charge in [-0.05, 0) is 24.1 Å². The van der Waals surface area contributed by atoms with Crippen molar-refractivity contribution in [2.75, 3.05) is 13.7 Å². The largest absolute Gasteiger partial charge is 0.467 e. The molecule has 4 nitrogen and oxygen atoms in total. The molecule has 0 saturated carbocycles. The second-order valence-corrected chi connectivity index (χ2v) is 5.71. The number of hydrogen-bond acceptors (Lipinski definition) is 3. The summed E-state index contributed by atoms with van der Waals surface area (Å²) in [4.78, 5) is 26.5. The summed E-state index contributed by atoms with van der Waals surface area (Å²) in [5.41, 5.74) is 1.74. The molecular weight excluding hydrogens is 290 g/mol. The number of hydrogen-bond donors (Lipinski definition) is 0. The highest BCUT2D eigenvalue weighted by Crippen LogP contribution is 2.33. The molecule has 2 aromatic rings. The highest BCUT2D eigenvalue weighted by molar-refractivity contribution is 5.97. The van der Waals surface area contributed by atoms with Crippen molar-refractivity contribution in [2.45, 2.75) is 18.4 Å². The SMILES string of the molecule is COC(=O)[C@@H]1C[C@H](c2ccccc2)CN1C(=O)c1ccccc1. The number of carbonyl (C=O) groups excluding carboxylic acids is 2. The van der Waals surface area contributed by atoms with Crippen LogP contribution >= 0.6 is 0 Å². The van der Waals surface area contributed by atoms with Crippen LogP contribution in [0.2, 0.25) is 0 Å². The third kappa shape index (κ3) is 3.11. The second kappa shape index (κ2) is 6.65. The molecule has 0 radical (unpaired) electrons. The van der Waals surface area contributed by atoms with Gasteiger partial charge in [0.2, 0.25) is 0 Å². The van der Waals surface area contributed by atoms with Crippen molar-refractivity contribution in [3.05, 3.63) is 71.8 Å². The molecule has 1 aliphatic rings. The van der Waals surface area contributed by atoms with Crippen LogP contribution in [0.4, 0.5) is 0 Å². The van der Waals surface area contributed by atoms with Gasteiger partial charge in [-0.2, -0.15) is 0 Å². The minimum absolute atomic E-state index is 0.126. The van der Waals surface area contributed by atoms with Gasteiger partial charge in [-0.3, -0.25) is 4.79 Å². The number of ether oxygens (including phenoxy) is 1. The number of amides is 1. The van der Waals surface area contributed by atoms with Gasteiger partial charge < -0.3 is 9.64 Å². The molecule has 0 aliphatic carbocycles. The van der Waals surface area contributed by atoms with E-state index >= 15 is 0 Å². The molecule has 118 valence electrons. The van der Waals surface area contributed by atoms with Crippen molar-refractivity contribution >= 4 is 11.9 Å². The summed E-state index contributed by atoms with van der Waals surface area (Å²) < 4.78 is 4.90. The fourth-order valence-corrected chi connectivity index (χ4v) is 3.13. The molecule has 1 heterocycles. The third-order valence-electron chi connectivity index (χ3n) is 4.33. The summed E-state index contributed by atoms with van der Waals surface area (Å²) in [6.45, 7) is 0.525. The highest BCUT2D eigenvalue weighted by Gasteiger charge is 2.40. The minimum atomic E-state index is -0.530. The first-order chi connectivity index (χ1) is 11.2. The fourth-order valence-electron chi connectivity index (χ4n) is 3.13. The smallest absolute Gasteiger partial charge is 0.328 e. The maximum Gasteiger partial charge on any atom is 0.328 e. The lowest BCUT2D eigenvalue weighted by atomic mass is 9.96. The van der Waals surface area contributed by atoms with E-state index in [2.05, 4.69) is 0 Å². The van der Waals surface area contributed by atoms with Crippen LogP contribution in [-0.4, -0.2) is 36.5 Å². The molecule has 2 atom stereocenters. The van der Waals surface area contributed by atoms with E-state index in [9.17, 15) is 9.59 Å². The van der Waals surface area contributed by atoms with Gasteiger partial charge in [-0.25, -0.2) is 4.79 Å². The van der Waals surface area contributed by atoms with E-state index in [0.717, 1.165) is 5.56 Å². The number of carbonyl (C=O) groups is 2. The molecular formula is C19H19NO3. The molecule has 0 bridgehead atoms. The van der Waals surface area contributed by atoms with Gasteiger partial charge >= 0.3 is 5.97 Å². The summed E-state index contributed by atoms with van der Waals surface area (Å²) in [5.74, 6) is -0.333. The first kappa shape index (κ1) is 15.3. The molecule has 1 fully saturated rings. The van der Waals surface area contributed by atoms with Crippen LogP contribution in [0.5, 0.6) is 0 Å². The van der Waals surface area contributed by atoms with Crippen molar-refractivity contribution in [1.29, 1.82) is 0 Å². The van der Waals surface area contributed by atoms with Gasteiger partial charge in [0.25, 0.3) is 5.91 Å². The van der Waals surface area contributed by atoms with E-state index in [1.54, 1.807) is 17.0 Å². The summed E-state index contributed by atoms with van der Waals surface area (Å²) in [7, 11) is 1.36. The van der Waals surface area contributed by atoms with Crippen molar-refractivity contribution in [3.63, 3.8) is 0 Å². The van der Waals surface area contributed by atoms with Crippen LogP contribution in [-0.2, 0) is 9.53 Å². The standard InChI is InChI=1S/C19H19NO3/c1-23-19(22)17-12-16(14-8-4-2-5-9-14)13-20(17)18(21)15-10-6-3-7-11-15/h2-11,16-17H,12-13H2,1H3/t16-,17-/m0/s1. The van der Waals surface area contributed by atoms with Gasteiger partial charge in [0, 0.05) is 18.0 Å². The number of benzene rings is 2. The molecule has 1 amide bonds. The van der Waals surface area contributed by atoms with E-state index in [0.29, 0.717) is 18.5 Å². The average molecular weight is 309 g/mol. The Bertz CT molecular complexity index is 684. The lowest BCUT2D eigenvalue weighted by Crippen LogP contribution is -2.41. The van der Waals surface area contributed by atoms with Crippen LogP contribution in [0.3, 0.4) is 0 Å². The minimum Gasteiger partial charge on any atom is -0.467 e. The number of methoxy groups -OCH3 is 1. The predicted molar refractivity (Wildman–Crippen MR) is 87.1 cm³/mol. The van der Waals surface area contributed by atoms with Gasteiger partial charge in [0.15, 0.2) is 0 Å². The second-order valence-electron chi connectivity index (χ2n) is 5.71. The molecule has 2 aromatic carbocycles. The zero-order valence-electron chi connectivity index (χ0n) is 13.0. The van der Waals surface area contributed by atoms with Crippen LogP contribution in [0.1, 0.15) is 28.3 Å².